The van der Waals surface area contributed by atoms with E-state index in [-0.39, 0.29) is 11.5 Å². The Bertz CT molecular complexity index is 954. The second-order valence-electron chi connectivity index (χ2n) is 7.40. The van der Waals surface area contributed by atoms with Gasteiger partial charge in [0.25, 0.3) is 0 Å². The highest BCUT2D eigenvalue weighted by atomic mass is 16.6. The molecule has 2 atom stereocenters. The Balaban J connectivity index is 2.25. The van der Waals surface area contributed by atoms with Crippen LogP contribution in [-0.4, -0.2) is 23.6 Å². The maximum absolute atomic E-state index is 12.4. The van der Waals surface area contributed by atoms with Crippen LogP contribution in [0.3, 0.4) is 0 Å². The van der Waals surface area contributed by atoms with Gasteiger partial charge in [-0.1, -0.05) is 13.8 Å². The van der Waals surface area contributed by atoms with Gasteiger partial charge in [0, 0.05) is 18.4 Å². The Kier molecular flexibility index (Phi) is 4.71. The summed E-state index contributed by atoms with van der Waals surface area (Å²) in [5, 5.41) is 0.642. The molecule has 1 aliphatic rings. The van der Waals surface area contributed by atoms with Gasteiger partial charge < -0.3 is 18.6 Å². The first-order valence-electron chi connectivity index (χ1n) is 8.73. The average Bonchev–Trinajstić information content (AvgIpc) is 2.56. The Hall–Kier alpha value is -2.83. The second kappa shape index (κ2) is 6.72. The summed E-state index contributed by atoms with van der Waals surface area (Å²) in [7, 11) is 0. The molecule has 0 unspecified atom stereocenters. The van der Waals surface area contributed by atoms with E-state index in [4.69, 9.17) is 18.6 Å². The van der Waals surface area contributed by atoms with Crippen LogP contribution in [0.4, 0.5) is 0 Å². The highest BCUT2D eigenvalue weighted by molar-refractivity contribution is 5.84. The van der Waals surface area contributed by atoms with Gasteiger partial charge in [-0.25, -0.2) is 4.79 Å². The van der Waals surface area contributed by atoms with E-state index < -0.39 is 35.4 Å². The lowest BCUT2D eigenvalue weighted by Crippen LogP contribution is -2.52. The molecule has 0 saturated heterocycles. The topological polar surface area (TPSA) is 92.0 Å². The molecule has 2 heterocycles. The molecule has 1 aromatic heterocycles. The van der Waals surface area contributed by atoms with Crippen LogP contribution in [0.5, 0.6) is 5.75 Å². The number of esters is 2. The number of benzene rings is 1. The number of ether oxygens (including phenoxy) is 3. The molecule has 1 aliphatic heterocycles. The van der Waals surface area contributed by atoms with Crippen LogP contribution < -0.4 is 10.4 Å². The van der Waals surface area contributed by atoms with E-state index in [0.29, 0.717) is 16.7 Å². The third-order valence-electron chi connectivity index (χ3n) is 4.41. The number of carbonyl (C=O) groups is 2. The first-order chi connectivity index (χ1) is 12.6. The molecule has 27 heavy (non-hydrogen) atoms. The molecule has 3 rings (SSSR count). The summed E-state index contributed by atoms with van der Waals surface area (Å²) in [6.45, 7) is 8.17. The Labute approximate surface area is 156 Å². The molecule has 1 aromatic carbocycles. The standard InChI is InChI=1S/C20H22O7/c1-10(2)19(23)26-17-15-13(27-20(4,5)18(17)24-11(3)21)8-6-12-7-9-14(22)25-16(12)15/h6-10,17-18H,1-5H3/t17-,18+/m1/s1. The molecule has 0 spiro atoms. The maximum atomic E-state index is 12.4. The van der Waals surface area contributed by atoms with E-state index in [1.165, 1.54) is 13.0 Å². The van der Waals surface area contributed by atoms with Crippen LogP contribution >= 0.6 is 0 Å². The van der Waals surface area contributed by atoms with Crippen molar-refractivity contribution < 1.29 is 28.2 Å². The molecular weight excluding hydrogens is 352 g/mol. The molecule has 0 N–H and O–H groups in total. The predicted molar refractivity (Wildman–Crippen MR) is 96.4 cm³/mol. The Morgan fingerprint density at radius 2 is 1.78 bits per heavy atom. The average molecular weight is 374 g/mol. The molecule has 7 nitrogen and oxygen atoms in total. The summed E-state index contributed by atoms with van der Waals surface area (Å²) >= 11 is 0. The van der Waals surface area contributed by atoms with E-state index in [1.54, 1.807) is 45.9 Å². The zero-order chi connectivity index (χ0) is 19.9. The fourth-order valence-electron chi connectivity index (χ4n) is 3.12. The van der Waals surface area contributed by atoms with Crippen molar-refractivity contribution in [3.8, 4) is 5.75 Å². The molecule has 0 amide bonds. The lowest BCUT2D eigenvalue weighted by Gasteiger charge is -2.43. The van der Waals surface area contributed by atoms with Gasteiger partial charge in [0.15, 0.2) is 12.2 Å². The van der Waals surface area contributed by atoms with Crippen LogP contribution in [0.2, 0.25) is 0 Å². The van der Waals surface area contributed by atoms with Crippen LogP contribution in [0, 0.1) is 5.92 Å². The van der Waals surface area contributed by atoms with Crippen molar-refractivity contribution >= 4 is 22.9 Å². The summed E-state index contributed by atoms with van der Waals surface area (Å²) in [5.41, 5.74) is -0.888. The Morgan fingerprint density at radius 1 is 1.11 bits per heavy atom. The van der Waals surface area contributed by atoms with Crippen molar-refractivity contribution in [1.29, 1.82) is 0 Å². The lowest BCUT2D eigenvalue weighted by atomic mass is 9.87. The van der Waals surface area contributed by atoms with Gasteiger partial charge in [-0.3, -0.25) is 9.59 Å². The van der Waals surface area contributed by atoms with Crippen molar-refractivity contribution in [3.05, 3.63) is 40.2 Å². The molecule has 144 valence electrons. The molecule has 0 saturated carbocycles. The quantitative estimate of drug-likeness (QED) is 0.602. The number of carbonyl (C=O) groups excluding carboxylic acids is 2. The molecule has 7 heteroatoms. The maximum Gasteiger partial charge on any atom is 0.336 e. The van der Waals surface area contributed by atoms with Gasteiger partial charge in [0.2, 0.25) is 0 Å². The minimum atomic E-state index is -0.975. The fraction of sp³-hybridized carbons (Fsp3) is 0.450. The highest BCUT2D eigenvalue weighted by Gasteiger charge is 2.49. The molecule has 0 radical (unpaired) electrons. The molecule has 0 bridgehead atoms. The van der Waals surface area contributed by atoms with Crippen molar-refractivity contribution in [3.63, 3.8) is 0 Å². The number of hydrogen-bond donors (Lipinski definition) is 0. The monoisotopic (exact) mass is 374 g/mol. The van der Waals surface area contributed by atoms with Gasteiger partial charge in [-0.05, 0) is 32.0 Å². The summed E-state index contributed by atoms with van der Waals surface area (Å²) in [6, 6.07) is 6.39. The van der Waals surface area contributed by atoms with E-state index in [2.05, 4.69) is 0 Å². The summed E-state index contributed by atoms with van der Waals surface area (Å²) in [6.07, 6.45) is -1.89. The second-order valence-corrected chi connectivity index (χ2v) is 7.40. The largest absolute Gasteiger partial charge is 0.483 e. The van der Waals surface area contributed by atoms with Gasteiger partial charge in [-0.15, -0.1) is 0 Å². The summed E-state index contributed by atoms with van der Waals surface area (Å²) < 4.78 is 22.6. The first-order valence-corrected chi connectivity index (χ1v) is 8.73. The van der Waals surface area contributed by atoms with Gasteiger partial charge in [0.05, 0.1) is 11.5 Å². The van der Waals surface area contributed by atoms with Gasteiger partial charge >= 0.3 is 17.6 Å². The third kappa shape index (κ3) is 3.54. The fourth-order valence-corrected chi connectivity index (χ4v) is 3.12. The molecule has 0 fully saturated rings. The van der Waals surface area contributed by atoms with Crippen LogP contribution in [0.25, 0.3) is 11.0 Å². The van der Waals surface area contributed by atoms with E-state index >= 15 is 0 Å². The Morgan fingerprint density at radius 3 is 2.41 bits per heavy atom. The number of fused-ring (bicyclic) bond motifs is 3. The smallest absolute Gasteiger partial charge is 0.336 e. The van der Waals surface area contributed by atoms with Crippen LogP contribution in [0.1, 0.15) is 46.3 Å². The predicted octanol–water partition coefficient (Wildman–Crippen LogP) is 3.14. The van der Waals surface area contributed by atoms with E-state index in [1.807, 2.05) is 0 Å². The van der Waals surface area contributed by atoms with Crippen molar-refractivity contribution in [2.45, 2.75) is 52.4 Å². The van der Waals surface area contributed by atoms with Crippen LogP contribution in [0.15, 0.2) is 33.5 Å². The summed E-state index contributed by atoms with van der Waals surface area (Å²) in [5.74, 6) is -0.977. The minimum Gasteiger partial charge on any atom is -0.483 e. The SMILES string of the molecule is CC(=O)O[C@H]1[C@H](OC(=O)C(C)C)c2c(ccc3ccc(=O)oc23)OC1(C)C. The van der Waals surface area contributed by atoms with Crippen molar-refractivity contribution in [2.75, 3.05) is 0 Å². The third-order valence-corrected chi connectivity index (χ3v) is 4.41. The van der Waals surface area contributed by atoms with Crippen LogP contribution in [-0.2, 0) is 19.1 Å². The van der Waals surface area contributed by atoms with Gasteiger partial charge in [0.1, 0.15) is 16.9 Å². The van der Waals surface area contributed by atoms with Crippen molar-refractivity contribution in [1.82, 2.24) is 0 Å². The normalized spacial score (nSPS) is 20.7. The van der Waals surface area contributed by atoms with Crippen molar-refractivity contribution in [2.24, 2.45) is 5.92 Å². The summed E-state index contributed by atoms with van der Waals surface area (Å²) in [4.78, 5) is 35.9. The number of rotatable bonds is 3. The van der Waals surface area contributed by atoms with E-state index in [0.717, 1.165) is 0 Å². The van der Waals surface area contributed by atoms with E-state index in [9.17, 15) is 14.4 Å². The first kappa shape index (κ1) is 18.9. The molecule has 2 aromatic rings. The zero-order valence-corrected chi connectivity index (χ0v) is 15.9. The minimum absolute atomic E-state index is 0.245. The zero-order valence-electron chi connectivity index (χ0n) is 15.9. The van der Waals surface area contributed by atoms with Gasteiger partial charge in [-0.2, -0.15) is 0 Å². The number of hydrogen-bond acceptors (Lipinski definition) is 7. The molecular formula is C20H22O7. The lowest BCUT2D eigenvalue weighted by molar-refractivity contribution is -0.190. The highest BCUT2D eigenvalue weighted by Crippen LogP contribution is 2.46. The molecule has 0 aliphatic carbocycles.